The fraction of sp³-hybridized carbons (Fsp3) is 0.500. The topological polar surface area (TPSA) is 105 Å². The van der Waals surface area contributed by atoms with Crippen LogP contribution in [0, 0.1) is 0 Å². The number of benzene rings is 1. The van der Waals surface area contributed by atoms with Crippen molar-refractivity contribution < 1.29 is 19.1 Å². The molecule has 2 aromatic rings. The number of rotatable bonds is 5. The van der Waals surface area contributed by atoms with Crippen LogP contribution >= 0.6 is 15.9 Å². The minimum absolute atomic E-state index is 0.0897. The van der Waals surface area contributed by atoms with Crippen LogP contribution in [-0.2, 0) is 16.1 Å². The van der Waals surface area contributed by atoms with Gasteiger partial charge in [-0.15, -0.1) is 0 Å². The van der Waals surface area contributed by atoms with Crippen molar-refractivity contribution in [3.8, 4) is 5.75 Å². The highest BCUT2D eigenvalue weighted by atomic mass is 79.9. The molecule has 6 rings (SSSR count). The Morgan fingerprint density at radius 2 is 1.81 bits per heavy atom. The van der Waals surface area contributed by atoms with Crippen molar-refractivity contribution in [2.75, 3.05) is 13.1 Å². The van der Waals surface area contributed by atoms with E-state index >= 15 is 0 Å². The molecule has 3 fully saturated rings. The smallest absolute Gasteiger partial charge is 0.255 e. The largest absolute Gasteiger partial charge is 0.489 e. The maximum atomic E-state index is 13.0. The Morgan fingerprint density at radius 3 is 2.58 bits per heavy atom. The summed E-state index contributed by atoms with van der Waals surface area (Å²) in [5.41, 5.74) is 1.47. The first-order valence-corrected chi connectivity index (χ1v) is 13.4. The zero-order chi connectivity index (χ0) is 24.8. The van der Waals surface area contributed by atoms with Crippen molar-refractivity contribution >= 4 is 33.7 Å². The van der Waals surface area contributed by atoms with Gasteiger partial charge in [-0.25, -0.2) is 9.97 Å². The molecule has 0 bridgehead atoms. The molecule has 36 heavy (non-hydrogen) atoms. The Kier molecular flexibility index (Phi) is 6.25. The molecule has 1 aliphatic carbocycles. The molecule has 3 aliphatic heterocycles. The second-order valence-corrected chi connectivity index (χ2v) is 11.1. The minimum Gasteiger partial charge on any atom is -0.489 e. The highest BCUT2D eigenvalue weighted by molar-refractivity contribution is 9.10. The summed E-state index contributed by atoms with van der Waals surface area (Å²) >= 11 is 3.40. The zero-order valence-electron chi connectivity index (χ0n) is 19.9. The van der Waals surface area contributed by atoms with Crippen molar-refractivity contribution in [2.45, 2.75) is 69.2 Å². The first kappa shape index (κ1) is 23.5. The number of hydrogen-bond donors (Lipinski definition) is 1. The first-order valence-electron chi connectivity index (χ1n) is 12.6. The van der Waals surface area contributed by atoms with Crippen LogP contribution in [0.3, 0.4) is 0 Å². The average molecular weight is 554 g/mol. The number of piperidine rings is 1. The van der Waals surface area contributed by atoms with E-state index < -0.39 is 11.9 Å². The number of ether oxygens (including phenoxy) is 1. The third kappa shape index (κ3) is 4.41. The van der Waals surface area contributed by atoms with Crippen LogP contribution in [0.2, 0.25) is 0 Å². The molecule has 2 saturated heterocycles. The van der Waals surface area contributed by atoms with E-state index in [4.69, 9.17) is 4.74 Å². The van der Waals surface area contributed by atoms with Crippen molar-refractivity contribution in [3.05, 3.63) is 52.0 Å². The molecule has 3 amide bonds. The molecule has 1 unspecified atom stereocenters. The van der Waals surface area contributed by atoms with E-state index in [1.54, 1.807) is 23.4 Å². The Morgan fingerprint density at radius 1 is 1.03 bits per heavy atom. The summed E-state index contributed by atoms with van der Waals surface area (Å²) < 4.78 is 7.41. The summed E-state index contributed by atoms with van der Waals surface area (Å²) in [6, 6.07) is 5.36. The summed E-state index contributed by atoms with van der Waals surface area (Å²) in [5.74, 6) is 1.17. The van der Waals surface area contributed by atoms with E-state index in [1.807, 2.05) is 12.1 Å². The predicted octanol–water partition coefficient (Wildman–Crippen LogP) is 2.79. The highest BCUT2D eigenvalue weighted by Crippen LogP contribution is 2.36. The molecule has 4 heterocycles. The summed E-state index contributed by atoms with van der Waals surface area (Å²) in [5, 5.41) is 2.35. The van der Waals surface area contributed by atoms with Crippen molar-refractivity contribution in [2.24, 2.45) is 0 Å². The van der Waals surface area contributed by atoms with E-state index in [-0.39, 0.29) is 24.3 Å². The number of amides is 3. The molecular weight excluding hydrogens is 526 g/mol. The molecule has 1 aromatic heterocycles. The van der Waals surface area contributed by atoms with E-state index in [9.17, 15) is 14.4 Å². The van der Waals surface area contributed by atoms with Crippen molar-refractivity contribution in [1.82, 2.24) is 25.1 Å². The third-order valence-corrected chi connectivity index (χ3v) is 8.24. The van der Waals surface area contributed by atoms with Gasteiger partial charge in [0.05, 0.1) is 4.47 Å². The van der Waals surface area contributed by atoms with Gasteiger partial charge >= 0.3 is 0 Å². The molecule has 9 nitrogen and oxygen atoms in total. The van der Waals surface area contributed by atoms with Crippen LogP contribution in [0.5, 0.6) is 5.75 Å². The third-order valence-electron chi connectivity index (χ3n) is 7.83. The molecule has 0 radical (unpaired) electrons. The first-order chi connectivity index (χ1) is 17.5. The maximum absolute atomic E-state index is 13.0. The van der Waals surface area contributed by atoms with Gasteiger partial charge in [0.2, 0.25) is 11.8 Å². The molecule has 10 heteroatoms. The van der Waals surface area contributed by atoms with Gasteiger partial charge < -0.3 is 9.64 Å². The standard InChI is InChI=1S/C26H28BrN5O4/c27-17-10-28-24(29-11-17)16-12-31(13-16)20-3-1-2-4-22(20)36-18-5-6-19-15(9-18)14-32(26(19)35)21-7-8-23(33)30-25(21)34/h5-6,9-11,16,20-22H,1-4,7-8,12-14H2,(H,30,33,34)/t20-,21?,22+/m1/s1. The van der Waals surface area contributed by atoms with Gasteiger partial charge in [0.1, 0.15) is 23.7 Å². The van der Waals surface area contributed by atoms with Crippen molar-refractivity contribution in [3.63, 3.8) is 0 Å². The predicted molar refractivity (Wildman–Crippen MR) is 133 cm³/mol. The SMILES string of the molecule is O=C1CCC(N2Cc3cc(O[C@H]4CCCC[C@H]4N4CC(c5ncc(Br)cn5)C4)ccc3C2=O)C(=O)N1. The number of imide groups is 1. The normalized spacial score (nSPS) is 27.0. The lowest BCUT2D eigenvalue weighted by Gasteiger charge is -2.47. The number of fused-ring (bicyclic) bond motifs is 1. The lowest BCUT2D eigenvalue weighted by molar-refractivity contribution is -0.136. The molecule has 188 valence electrons. The highest BCUT2D eigenvalue weighted by Gasteiger charge is 2.41. The number of carbonyl (C=O) groups is 3. The Bertz CT molecular complexity index is 1200. The molecular formula is C26H28BrN5O4. The van der Waals surface area contributed by atoms with E-state index in [1.165, 1.54) is 6.42 Å². The number of nitrogens with zero attached hydrogens (tertiary/aromatic N) is 4. The minimum atomic E-state index is -0.608. The molecule has 1 aromatic carbocycles. The monoisotopic (exact) mass is 553 g/mol. The summed E-state index contributed by atoms with van der Waals surface area (Å²) in [6.07, 6.45) is 8.74. The molecule has 0 spiro atoms. The number of nitrogens with one attached hydrogen (secondary N) is 1. The lowest BCUT2D eigenvalue weighted by atomic mass is 9.86. The van der Waals surface area contributed by atoms with Crippen LogP contribution in [0.25, 0.3) is 0 Å². The molecule has 3 atom stereocenters. The fourth-order valence-electron chi connectivity index (χ4n) is 5.91. The maximum Gasteiger partial charge on any atom is 0.255 e. The quantitative estimate of drug-likeness (QED) is 0.567. The molecule has 4 aliphatic rings. The van der Waals surface area contributed by atoms with Crippen LogP contribution in [-0.4, -0.2) is 68.8 Å². The Hall–Kier alpha value is -2.85. The van der Waals surface area contributed by atoms with Crippen LogP contribution in [0.1, 0.15) is 66.2 Å². The van der Waals surface area contributed by atoms with Crippen LogP contribution in [0.4, 0.5) is 0 Å². The van der Waals surface area contributed by atoms with E-state index in [2.05, 4.69) is 36.1 Å². The lowest BCUT2D eigenvalue weighted by Crippen LogP contribution is -2.57. The van der Waals surface area contributed by atoms with Gasteiger partial charge in [-0.2, -0.15) is 0 Å². The number of likely N-dealkylation sites (tertiary alicyclic amines) is 1. The van der Waals surface area contributed by atoms with Gasteiger partial charge in [-0.05, 0) is 65.4 Å². The summed E-state index contributed by atoms with van der Waals surface area (Å²) in [6.45, 7) is 2.23. The number of halogens is 1. The van der Waals surface area contributed by atoms with Gasteiger partial charge in [0.15, 0.2) is 0 Å². The second-order valence-electron chi connectivity index (χ2n) is 10.1. The van der Waals surface area contributed by atoms with Gasteiger partial charge in [-0.1, -0.05) is 6.42 Å². The number of hydrogen-bond acceptors (Lipinski definition) is 7. The van der Waals surface area contributed by atoms with Gasteiger partial charge in [0.25, 0.3) is 5.91 Å². The fourth-order valence-corrected chi connectivity index (χ4v) is 6.12. The van der Waals surface area contributed by atoms with Gasteiger partial charge in [0, 0.05) is 56.0 Å². The Balaban J connectivity index is 1.11. The average Bonchev–Trinajstić information content (AvgIpc) is 3.16. The van der Waals surface area contributed by atoms with E-state index in [0.717, 1.165) is 54.0 Å². The second kappa shape index (κ2) is 9.55. The molecule has 1 saturated carbocycles. The van der Waals surface area contributed by atoms with Gasteiger partial charge in [-0.3, -0.25) is 24.6 Å². The summed E-state index contributed by atoms with van der Waals surface area (Å²) in [4.78, 5) is 49.8. The van der Waals surface area contributed by atoms with Crippen LogP contribution < -0.4 is 10.1 Å². The van der Waals surface area contributed by atoms with Crippen molar-refractivity contribution in [1.29, 1.82) is 0 Å². The number of carbonyl (C=O) groups excluding carboxylic acids is 3. The van der Waals surface area contributed by atoms with Crippen LogP contribution in [0.15, 0.2) is 35.1 Å². The summed E-state index contributed by atoms with van der Waals surface area (Å²) in [7, 11) is 0. The zero-order valence-corrected chi connectivity index (χ0v) is 21.4. The Labute approximate surface area is 217 Å². The number of aromatic nitrogens is 2. The molecule has 1 N–H and O–H groups in total. The van der Waals surface area contributed by atoms with E-state index in [0.29, 0.717) is 30.5 Å².